The van der Waals surface area contributed by atoms with Crippen molar-refractivity contribution in [1.82, 2.24) is 29.9 Å². The second-order valence-electron chi connectivity index (χ2n) is 5.87. The first kappa shape index (κ1) is 17.9. The summed E-state index contributed by atoms with van der Waals surface area (Å²) in [5.41, 5.74) is 23.9. The molecule has 0 atom stereocenters. The molecule has 0 amide bonds. The number of nitrogens with zero attached hydrogens (tertiary/aromatic N) is 6. The van der Waals surface area contributed by atoms with Crippen molar-refractivity contribution in [3.05, 3.63) is 48.5 Å². The molecule has 0 saturated carbocycles. The van der Waals surface area contributed by atoms with Gasteiger partial charge >= 0.3 is 0 Å². The molecule has 11 heteroatoms. The maximum absolute atomic E-state index is 6.00. The van der Waals surface area contributed by atoms with Crippen LogP contribution in [0.1, 0.15) is 0 Å². The Balaban J connectivity index is 1.63. The SMILES string of the molecule is Nc1nc(N)nc(-c2ccc(Oc3ccccc3-c3nc(N)nc(N)n3)cc2)n1. The Bertz CT molecular complexity index is 1140. The standard InChI is InChI=1S/C18H16N10O/c19-15-23-13(24-16(20)27-15)9-5-7-10(8-6-9)29-12-4-2-1-3-11(12)14-25-17(21)28-18(22)26-14/h1-8H,(H4,19,20,23,24,27)(H4,21,22,25,26,28). The molecule has 0 aliphatic rings. The molecule has 0 spiro atoms. The van der Waals surface area contributed by atoms with E-state index >= 15 is 0 Å². The van der Waals surface area contributed by atoms with Crippen LogP contribution in [0.4, 0.5) is 23.8 Å². The van der Waals surface area contributed by atoms with E-state index in [1.165, 1.54) is 0 Å². The van der Waals surface area contributed by atoms with Gasteiger partial charge in [0.05, 0.1) is 5.56 Å². The Labute approximate surface area is 164 Å². The van der Waals surface area contributed by atoms with E-state index in [9.17, 15) is 0 Å². The number of para-hydroxylation sites is 1. The quantitative estimate of drug-likeness (QED) is 0.396. The number of aromatic nitrogens is 6. The number of rotatable bonds is 4. The van der Waals surface area contributed by atoms with Gasteiger partial charge in [-0.05, 0) is 36.4 Å². The van der Waals surface area contributed by atoms with Gasteiger partial charge in [0.1, 0.15) is 11.5 Å². The van der Waals surface area contributed by atoms with E-state index < -0.39 is 0 Å². The Kier molecular flexibility index (Phi) is 4.45. The molecule has 0 fully saturated rings. The van der Waals surface area contributed by atoms with Crippen molar-refractivity contribution in [2.45, 2.75) is 0 Å². The molecule has 2 heterocycles. The minimum absolute atomic E-state index is 0.0301. The highest BCUT2D eigenvalue weighted by Gasteiger charge is 2.12. The summed E-state index contributed by atoms with van der Waals surface area (Å²) in [6.45, 7) is 0. The van der Waals surface area contributed by atoms with Gasteiger partial charge in [0.2, 0.25) is 23.8 Å². The highest BCUT2D eigenvalue weighted by Crippen LogP contribution is 2.32. The second kappa shape index (κ2) is 7.23. The minimum Gasteiger partial charge on any atom is -0.457 e. The van der Waals surface area contributed by atoms with Gasteiger partial charge in [-0.15, -0.1) is 0 Å². The first-order valence-electron chi connectivity index (χ1n) is 8.39. The average molecular weight is 388 g/mol. The third-order valence-corrected chi connectivity index (χ3v) is 3.81. The van der Waals surface area contributed by atoms with E-state index in [-0.39, 0.29) is 23.8 Å². The van der Waals surface area contributed by atoms with Crippen LogP contribution < -0.4 is 27.7 Å². The van der Waals surface area contributed by atoms with Gasteiger partial charge in [0.15, 0.2) is 11.6 Å². The molecule has 29 heavy (non-hydrogen) atoms. The Morgan fingerprint density at radius 1 is 0.552 bits per heavy atom. The summed E-state index contributed by atoms with van der Waals surface area (Å²) >= 11 is 0. The van der Waals surface area contributed by atoms with Crippen LogP contribution >= 0.6 is 0 Å². The third-order valence-electron chi connectivity index (χ3n) is 3.81. The van der Waals surface area contributed by atoms with Crippen LogP contribution in [-0.2, 0) is 0 Å². The van der Waals surface area contributed by atoms with Gasteiger partial charge in [0.25, 0.3) is 0 Å². The molecule has 0 aliphatic carbocycles. The first-order valence-corrected chi connectivity index (χ1v) is 8.39. The smallest absolute Gasteiger partial charge is 0.225 e. The van der Waals surface area contributed by atoms with Crippen LogP contribution in [0.15, 0.2) is 48.5 Å². The number of nitrogen functional groups attached to an aromatic ring is 4. The highest BCUT2D eigenvalue weighted by molar-refractivity contribution is 5.66. The molecule has 2 aromatic heterocycles. The number of hydrogen-bond donors (Lipinski definition) is 4. The van der Waals surface area contributed by atoms with Crippen molar-refractivity contribution in [2.75, 3.05) is 22.9 Å². The number of hydrogen-bond acceptors (Lipinski definition) is 11. The fourth-order valence-corrected chi connectivity index (χ4v) is 2.61. The number of anilines is 4. The van der Waals surface area contributed by atoms with Crippen LogP contribution in [0, 0.1) is 0 Å². The highest BCUT2D eigenvalue weighted by atomic mass is 16.5. The van der Waals surface area contributed by atoms with Crippen LogP contribution in [-0.4, -0.2) is 29.9 Å². The van der Waals surface area contributed by atoms with E-state index in [1.807, 2.05) is 12.1 Å². The molecule has 0 radical (unpaired) electrons. The summed E-state index contributed by atoms with van der Waals surface area (Å²) in [4.78, 5) is 23.9. The van der Waals surface area contributed by atoms with Crippen LogP contribution in [0.2, 0.25) is 0 Å². The van der Waals surface area contributed by atoms with Crippen molar-refractivity contribution in [2.24, 2.45) is 0 Å². The largest absolute Gasteiger partial charge is 0.457 e. The third kappa shape index (κ3) is 3.93. The summed E-state index contributed by atoms with van der Waals surface area (Å²) < 4.78 is 6.00. The van der Waals surface area contributed by atoms with E-state index in [0.29, 0.717) is 34.3 Å². The van der Waals surface area contributed by atoms with Gasteiger partial charge in [-0.25, -0.2) is 0 Å². The normalized spacial score (nSPS) is 10.6. The second-order valence-corrected chi connectivity index (χ2v) is 5.87. The van der Waals surface area contributed by atoms with Gasteiger partial charge in [-0.2, -0.15) is 29.9 Å². The van der Waals surface area contributed by atoms with Gasteiger partial charge in [0, 0.05) is 5.56 Å². The van der Waals surface area contributed by atoms with Crippen LogP contribution in [0.5, 0.6) is 11.5 Å². The lowest BCUT2D eigenvalue weighted by atomic mass is 10.1. The molecule has 144 valence electrons. The minimum atomic E-state index is 0.0301. The van der Waals surface area contributed by atoms with Crippen molar-refractivity contribution >= 4 is 23.8 Å². The predicted molar refractivity (Wildman–Crippen MR) is 108 cm³/mol. The Morgan fingerprint density at radius 2 is 1.07 bits per heavy atom. The van der Waals surface area contributed by atoms with Gasteiger partial charge < -0.3 is 27.7 Å². The molecular weight excluding hydrogens is 372 g/mol. The van der Waals surface area contributed by atoms with Gasteiger partial charge in [-0.1, -0.05) is 12.1 Å². The number of ether oxygens (including phenoxy) is 1. The zero-order valence-corrected chi connectivity index (χ0v) is 15.0. The summed E-state index contributed by atoms with van der Waals surface area (Å²) in [5, 5.41) is 0. The monoisotopic (exact) mass is 388 g/mol. The van der Waals surface area contributed by atoms with Crippen LogP contribution in [0.25, 0.3) is 22.8 Å². The Hall–Kier alpha value is -4.54. The van der Waals surface area contributed by atoms with E-state index in [4.69, 9.17) is 27.7 Å². The fraction of sp³-hybridized carbons (Fsp3) is 0. The Morgan fingerprint density at radius 3 is 1.66 bits per heavy atom. The predicted octanol–water partition coefficient (Wildman–Crippen LogP) is 1.51. The van der Waals surface area contributed by atoms with E-state index in [1.54, 1.807) is 36.4 Å². The zero-order valence-electron chi connectivity index (χ0n) is 15.0. The lowest BCUT2D eigenvalue weighted by Crippen LogP contribution is -2.04. The molecular formula is C18H16N10O. The fourth-order valence-electron chi connectivity index (χ4n) is 2.61. The summed E-state index contributed by atoms with van der Waals surface area (Å²) in [5.74, 6) is 1.96. The van der Waals surface area contributed by atoms with Crippen molar-refractivity contribution in [3.63, 3.8) is 0 Å². The lowest BCUT2D eigenvalue weighted by molar-refractivity contribution is 0.484. The molecule has 11 nitrogen and oxygen atoms in total. The lowest BCUT2D eigenvalue weighted by Gasteiger charge is -2.11. The van der Waals surface area contributed by atoms with Crippen molar-refractivity contribution < 1.29 is 4.74 Å². The molecule has 0 bridgehead atoms. The first-order chi connectivity index (χ1) is 14.0. The van der Waals surface area contributed by atoms with E-state index in [0.717, 1.165) is 0 Å². The number of benzene rings is 2. The zero-order chi connectivity index (χ0) is 20.4. The maximum atomic E-state index is 6.00. The van der Waals surface area contributed by atoms with Gasteiger partial charge in [-0.3, -0.25) is 0 Å². The van der Waals surface area contributed by atoms with Crippen LogP contribution in [0.3, 0.4) is 0 Å². The molecule has 8 N–H and O–H groups in total. The van der Waals surface area contributed by atoms with Crippen molar-refractivity contribution in [3.8, 4) is 34.3 Å². The molecule has 0 aliphatic heterocycles. The molecule has 4 rings (SSSR count). The van der Waals surface area contributed by atoms with E-state index in [2.05, 4.69) is 29.9 Å². The molecule has 0 unspecified atom stereocenters. The maximum Gasteiger partial charge on any atom is 0.225 e. The summed E-state index contributed by atoms with van der Waals surface area (Å²) in [7, 11) is 0. The average Bonchev–Trinajstić information content (AvgIpc) is 2.67. The number of nitrogens with two attached hydrogens (primary N) is 4. The van der Waals surface area contributed by atoms with Crippen molar-refractivity contribution in [1.29, 1.82) is 0 Å². The topological polar surface area (TPSA) is 191 Å². The molecule has 4 aromatic rings. The molecule has 2 aromatic carbocycles. The summed E-state index contributed by atoms with van der Waals surface area (Å²) in [6, 6.07) is 14.3. The summed E-state index contributed by atoms with van der Waals surface area (Å²) in [6.07, 6.45) is 0. The molecule has 0 saturated heterocycles.